The third-order valence-corrected chi connectivity index (χ3v) is 2.08. The van der Waals surface area contributed by atoms with E-state index in [1.54, 1.807) is 0 Å². The van der Waals surface area contributed by atoms with Crippen LogP contribution in [0, 0.1) is 0 Å². The van der Waals surface area contributed by atoms with Crippen LogP contribution in [-0.4, -0.2) is 6.03 Å². The topological polar surface area (TPSA) is 67.2 Å². The van der Waals surface area contributed by atoms with Crippen LogP contribution in [0.2, 0.25) is 0 Å². The van der Waals surface area contributed by atoms with Crippen LogP contribution in [0.15, 0.2) is 24.1 Å². The number of hydrogen-bond donors (Lipinski definition) is 3. The van der Waals surface area contributed by atoms with Gasteiger partial charge in [-0.15, -0.1) is 11.3 Å². The van der Waals surface area contributed by atoms with Crippen LogP contribution >= 0.6 is 11.3 Å². The van der Waals surface area contributed by atoms with Gasteiger partial charge >= 0.3 is 6.03 Å². The number of hydrogen-bond acceptors (Lipinski definition) is 3. The summed E-state index contributed by atoms with van der Waals surface area (Å²) in [5, 5.41) is 1.92. The summed E-state index contributed by atoms with van der Waals surface area (Å²) >= 11 is 1.53. The highest BCUT2D eigenvalue weighted by Gasteiger charge is 1.98. The second kappa shape index (κ2) is 3.77. The second-order valence-electron chi connectivity index (χ2n) is 2.07. The first-order chi connectivity index (χ1) is 5.70. The zero-order valence-corrected chi connectivity index (χ0v) is 7.15. The van der Waals surface area contributed by atoms with Crippen molar-refractivity contribution in [3.8, 4) is 0 Å². The van der Waals surface area contributed by atoms with E-state index in [0.29, 0.717) is 5.70 Å². The van der Waals surface area contributed by atoms with Crippen LogP contribution in [0.4, 0.5) is 4.79 Å². The summed E-state index contributed by atoms with van der Waals surface area (Å²) in [5.41, 5.74) is 10.3. The average Bonchev–Trinajstić information content (AvgIpc) is 2.51. The van der Waals surface area contributed by atoms with Gasteiger partial charge in [-0.3, -0.25) is 10.9 Å². The Bertz CT molecular complexity index is 281. The average molecular weight is 183 g/mol. The number of rotatable bonds is 3. The molecular weight excluding hydrogens is 174 g/mol. The van der Waals surface area contributed by atoms with Crippen molar-refractivity contribution in [2.24, 2.45) is 5.73 Å². The van der Waals surface area contributed by atoms with Gasteiger partial charge in [0, 0.05) is 0 Å². The highest BCUT2D eigenvalue weighted by molar-refractivity contribution is 7.11. The van der Waals surface area contributed by atoms with Gasteiger partial charge in [0.25, 0.3) is 0 Å². The van der Waals surface area contributed by atoms with Gasteiger partial charge in [-0.2, -0.15) is 0 Å². The van der Waals surface area contributed by atoms with Crippen molar-refractivity contribution in [1.82, 2.24) is 10.9 Å². The summed E-state index contributed by atoms with van der Waals surface area (Å²) in [6.45, 7) is 3.70. The number of nitrogens with one attached hydrogen (secondary N) is 2. The molecule has 1 aromatic rings. The Morgan fingerprint density at radius 3 is 2.83 bits per heavy atom. The molecule has 4 nitrogen and oxygen atoms in total. The molecule has 0 aromatic carbocycles. The molecule has 0 aliphatic rings. The molecule has 4 N–H and O–H groups in total. The zero-order chi connectivity index (χ0) is 8.97. The van der Waals surface area contributed by atoms with E-state index in [0.717, 1.165) is 4.88 Å². The molecule has 1 aromatic heterocycles. The summed E-state index contributed by atoms with van der Waals surface area (Å²) in [6, 6.07) is 3.16. The Kier molecular flexibility index (Phi) is 2.71. The zero-order valence-electron chi connectivity index (χ0n) is 6.33. The number of thiophene rings is 1. The first kappa shape index (κ1) is 8.61. The molecule has 12 heavy (non-hydrogen) atoms. The molecule has 64 valence electrons. The summed E-state index contributed by atoms with van der Waals surface area (Å²) in [7, 11) is 0. The molecule has 0 atom stereocenters. The van der Waals surface area contributed by atoms with E-state index in [4.69, 9.17) is 5.73 Å². The van der Waals surface area contributed by atoms with E-state index in [1.165, 1.54) is 11.3 Å². The van der Waals surface area contributed by atoms with E-state index in [9.17, 15) is 4.79 Å². The maximum Gasteiger partial charge on any atom is 0.330 e. The third-order valence-electron chi connectivity index (χ3n) is 1.16. The molecular formula is C7H9N3OS. The lowest BCUT2D eigenvalue weighted by Gasteiger charge is -2.06. The number of carbonyl (C=O) groups excluding carboxylic acids is 1. The van der Waals surface area contributed by atoms with Gasteiger partial charge in [0.15, 0.2) is 0 Å². The molecule has 0 unspecified atom stereocenters. The maximum atomic E-state index is 10.3. The molecule has 1 rings (SSSR count). The fraction of sp³-hybridized carbons (Fsp3) is 0. The van der Waals surface area contributed by atoms with Gasteiger partial charge in [0.05, 0.1) is 10.6 Å². The van der Waals surface area contributed by atoms with Crippen molar-refractivity contribution in [1.29, 1.82) is 0 Å². The predicted molar refractivity (Wildman–Crippen MR) is 49.2 cm³/mol. The molecule has 0 saturated heterocycles. The highest BCUT2D eigenvalue weighted by atomic mass is 32.1. The number of primary amides is 1. The largest absolute Gasteiger partial charge is 0.350 e. The lowest BCUT2D eigenvalue weighted by molar-refractivity contribution is 0.247. The van der Waals surface area contributed by atoms with E-state index >= 15 is 0 Å². The van der Waals surface area contributed by atoms with Gasteiger partial charge in [0.2, 0.25) is 0 Å². The first-order valence-electron chi connectivity index (χ1n) is 3.24. The van der Waals surface area contributed by atoms with Crippen molar-refractivity contribution >= 4 is 23.1 Å². The van der Waals surface area contributed by atoms with Gasteiger partial charge in [-0.25, -0.2) is 4.79 Å². The van der Waals surface area contributed by atoms with Crippen LogP contribution in [0.3, 0.4) is 0 Å². The molecule has 2 amide bonds. The summed E-state index contributed by atoms with van der Waals surface area (Å²) < 4.78 is 0. The third kappa shape index (κ3) is 2.28. The minimum atomic E-state index is -0.632. The number of carbonyl (C=O) groups is 1. The fourth-order valence-corrected chi connectivity index (χ4v) is 1.30. The molecule has 0 aliphatic heterocycles. The maximum absolute atomic E-state index is 10.3. The summed E-state index contributed by atoms with van der Waals surface area (Å²) in [6.07, 6.45) is 0. The van der Waals surface area contributed by atoms with E-state index in [2.05, 4.69) is 17.4 Å². The van der Waals surface area contributed by atoms with Crippen molar-refractivity contribution in [3.63, 3.8) is 0 Å². The highest BCUT2D eigenvalue weighted by Crippen LogP contribution is 2.14. The lowest BCUT2D eigenvalue weighted by Crippen LogP contribution is -2.39. The number of urea groups is 1. The molecule has 0 radical (unpaired) electrons. The molecule has 0 aliphatic carbocycles. The van der Waals surface area contributed by atoms with Crippen LogP contribution < -0.4 is 16.6 Å². The van der Waals surface area contributed by atoms with Crippen LogP contribution in [-0.2, 0) is 0 Å². The smallest absolute Gasteiger partial charge is 0.330 e. The standard InChI is InChI=1S/C7H9N3OS/c1-5(9-10-7(8)11)6-3-2-4-12-6/h2-4,9H,1H2,(H3,8,10,11). The van der Waals surface area contributed by atoms with Crippen molar-refractivity contribution < 1.29 is 4.79 Å². The van der Waals surface area contributed by atoms with Crippen molar-refractivity contribution in [2.45, 2.75) is 0 Å². The Morgan fingerprint density at radius 1 is 1.58 bits per heavy atom. The SMILES string of the molecule is C=C(NNC(N)=O)c1cccs1. The first-order valence-corrected chi connectivity index (χ1v) is 4.12. The lowest BCUT2D eigenvalue weighted by atomic mass is 10.4. The monoisotopic (exact) mass is 183 g/mol. The van der Waals surface area contributed by atoms with Crippen LogP contribution in [0.25, 0.3) is 5.70 Å². The Morgan fingerprint density at radius 2 is 2.33 bits per heavy atom. The van der Waals surface area contributed by atoms with E-state index < -0.39 is 6.03 Å². The van der Waals surface area contributed by atoms with Crippen molar-refractivity contribution in [3.05, 3.63) is 29.0 Å². The minimum absolute atomic E-state index is 0.629. The predicted octanol–water partition coefficient (Wildman–Crippen LogP) is 0.892. The van der Waals surface area contributed by atoms with Gasteiger partial charge in [0.1, 0.15) is 0 Å². The van der Waals surface area contributed by atoms with E-state index in [1.807, 2.05) is 17.5 Å². The van der Waals surface area contributed by atoms with Crippen LogP contribution in [0.5, 0.6) is 0 Å². The molecule has 0 bridgehead atoms. The Balaban J connectivity index is 2.45. The Labute approximate surface area is 74.0 Å². The molecule has 0 saturated carbocycles. The van der Waals surface area contributed by atoms with Gasteiger partial charge in [-0.05, 0) is 11.4 Å². The van der Waals surface area contributed by atoms with Gasteiger partial charge < -0.3 is 5.73 Å². The fourth-order valence-electron chi connectivity index (χ4n) is 0.649. The molecule has 0 fully saturated rings. The van der Waals surface area contributed by atoms with Crippen molar-refractivity contribution in [2.75, 3.05) is 0 Å². The second-order valence-corrected chi connectivity index (χ2v) is 3.02. The molecule has 5 heteroatoms. The normalized spacial score (nSPS) is 9.00. The van der Waals surface area contributed by atoms with Gasteiger partial charge in [-0.1, -0.05) is 12.6 Å². The number of nitrogens with two attached hydrogens (primary N) is 1. The molecule has 0 spiro atoms. The Hall–Kier alpha value is -1.49. The number of amides is 2. The van der Waals surface area contributed by atoms with Crippen LogP contribution in [0.1, 0.15) is 4.88 Å². The van der Waals surface area contributed by atoms with E-state index in [-0.39, 0.29) is 0 Å². The quantitative estimate of drug-likeness (QED) is 0.609. The summed E-state index contributed by atoms with van der Waals surface area (Å²) in [5.74, 6) is 0. The minimum Gasteiger partial charge on any atom is -0.350 e. The summed E-state index contributed by atoms with van der Waals surface area (Å²) in [4.78, 5) is 11.2. The number of hydrazine groups is 1. The molecule has 1 heterocycles.